The molecule has 6 heteroatoms. The van der Waals surface area contributed by atoms with Crippen molar-refractivity contribution in [2.75, 3.05) is 11.7 Å². The number of halogens is 1. The van der Waals surface area contributed by atoms with Gasteiger partial charge < -0.3 is 9.78 Å². The summed E-state index contributed by atoms with van der Waals surface area (Å²) in [5, 5.41) is 10.5. The summed E-state index contributed by atoms with van der Waals surface area (Å²) < 4.78 is 4.28. The fraction of sp³-hybridized carbons (Fsp3) is 0.0714. The molecule has 1 aromatic heterocycles. The molecule has 20 heavy (non-hydrogen) atoms. The highest BCUT2D eigenvalue weighted by molar-refractivity contribution is 14.1. The second kappa shape index (κ2) is 5.47. The van der Waals surface area contributed by atoms with Crippen molar-refractivity contribution in [2.24, 2.45) is 0 Å². The average molecular weight is 414 g/mol. The number of phenols is 1. The van der Waals surface area contributed by atoms with Crippen LogP contribution in [0, 0.1) is 3.57 Å². The molecule has 0 fully saturated rings. The van der Waals surface area contributed by atoms with E-state index >= 15 is 0 Å². The Morgan fingerprint density at radius 1 is 1.25 bits per heavy atom. The van der Waals surface area contributed by atoms with E-state index < -0.39 is 0 Å². The Morgan fingerprint density at radius 3 is 2.75 bits per heavy atom. The van der Waals surface area contributed by atoms with Crippen molar-refractivity contribution >= 4 is 59.2 Å². The molecule has 0 aliphatic heterocycles. The highest BCUT2D eigenvalue weighted by Crippen LogP contribution is 2.34. The van der Waals surface area contributed by atoms with Crippen LogP contribution in [0.3, 0.4) is 0 Å². The lowest BCUT2D eigenvalue weighted by Gasteiger charge is -2.14. The molecule has 0 bridgehead atoms. The molecular formula is C14H12IN2OPS. The Bertz CT molecular complexity index is 788. The third-order valence-electron chi connectivity index (χ3n) is 2.95. The minimum Gasteiger partial charge on any atom is -0.508 e. The molecule has 3 rings (SSSR count). The molecular weight excluding hydrogens is 402 g/mol. The first-order valence-electron chi connectivity index (χ1n) is 5.92. The molecule has 0 saturated heterocycles. The Kier molecular flexibility index (Phi) is 3.84. The van der Waals surface area contributed by atoms with Crippen LogP contribution in [0.5, 0.6) is 5.75 Å². The summed E-state index contributed by atoms with van der Waals surface area (Å²) in [4.78, 5) is 4.60. The van der Waals surface area contributed by atoms with Gasteiger partial charge in [0, 0.05) is 22.2 Å². The molecule has 2 aromatic carbocycles. The van der Waals surface area contributed by atoms with Gasteiger partial charge in [0.1, 0.15) is 10.8 Å². The highest BCUT2D eigenvalue weighted by atomic mass is 127. The van der Waals surface area contributed by atoms with E-state index in [2.05, 4.69) is 55.2 Å². The van der Waals surface area contributed by atoms with Crippen molar-refractivity contribution in [1.29, 1.82) is 0 Å². The quantitative estimate of drug-likeness (QED) is 0.496. The average Bonchev–Trinajstić information content (AvgIpc) is 2.81. The van der Waals surface area contributed by atoms with Crippen LogP contribution in [0.4, 0.5) is 5.69 Å². The van der Waals surface area contributed by atoms with Gasteiger partial charge in [0.05, 0.1) is 15.9 Å². The number of hydrogen-bond acceptors (Lipinski definition) is 4. The zero-order chi connectivity index (χ0) is 14.3. The number of thiazole rings is 1. The Balaban J connectivity index is 2.08. The molecule has 1 heterocycles. The lowest BCUT2D eigenvalue weighted by molar-refractivity contribution is 0.476. The third kappa shape index (κ3) is 2.62. The van der Waals surface area contributed by atoms with Gasteiger partial charge >= 0.3 is 0 Å². The molecule has 3 aromatic rings. The van der Waals surface area contributed by atoms with E-state index in [9.17, 15) is 5.11 Å². The second-order valence-electron chi connectivity index (χ2n) is 4.45. The molecule has 1 atom stereocenters. The van der Waals surface area contributed by atoms with Crippen LogP contribution in [0.2, 0.25) is 0 Å². The SMILES string of the molecule is CN(P)c1ccc(-c2nc3cc(O)ccc3s2)cc1I. The summed E-state index contributed by atoms with van der Waals surface area (Å²) in [5.74, 6) is 0.254. The van der Waals surface area contributed by atoms with E-state index in [1.54, 1.807) is 23.5 Å². The summed E-state index contributed by atoms with van der Waals surface area (Å²) in [6.45, 7) is 0. The summed E-state index contributed by atoms with van der Waals surface area (Å²) in [6, 6.07) is 11.6. The molecule has 0 aliphatic carbocycles. The normalized spacial score (nSPS) is 10.9. The summed E-state index contributed by atoms with van der Waals surface area (Å²) in [5.41, 5.74) is 3.11. The molecule has 102 valence electrons. The Labute approximate surface area is 137 Å². The predicted molar refractivity (Wildman–Crippen MR) is 97.6 cm³/mol. The van der Waals surface area contributed by atoms with Crippen molar-refractivity contribution in [3.8, 4) is 16.3 Å². The molecule has 3 nitrogen and oxygen atoms in total. The van der Waals surface area contributed by atoms with E-state index in [4.69, 9.17) is 0 Å². The van der Waals surface area contributed by atoms with Gasteiger partial charge in [-0.1, -0.05) is 0 Å². The van der Waals surface area contributed by atoms with Gasteiger partial charge in [0.2, 0.25) is 0 Å². The van der Waals surface area contributed by atoms with Crippen molar-refractivity contribution in [3.05, 3.63) is 40.0 Å². The number of rotatable bonds is 2. The van der Waals surface area contributed by atoms with Crippen LogP contribution < -0.4 is 4.67 Å². The molecule has 0 aliphatic rings. The summed E-state index contributed by atoms with van der Waals surface area (Å²) in [6.07, 6.45) is 0. The number of hydrogen-bond donors (Lipinski definition) is 1. The molecule has 0 radical (unpaired) electrons. The predicted octanol–water partition coefficient (Wildman–Crippen LogP) is 4.50. The van der Waals surface area contributed by atoms with Crippen LogP contribution in [-0.2, 0) is 0 Å². The van der Waals surface area contributed by atoms with Crippen LogP contribution in [0.1, 0.15) is 0 Å². The van der Waals surface area contributed by atoms with E-state index in [0.29, 0.717) is 0 Å². The van der Waals surface area contributed by atoms with Crippen LogP contribution >= 0.6 is 43.3 Å². The molecule has 1 N–H and O–H groups in total. The number of aromatic nitrogens is 1. The number of anilines is 1. The zero-order valence-corrected chi connectivity index (χ0v) is 14.8. The lowest BCUT2D eigenvalue weighted by atomic mass is 10.2. The highest BCUT2D eigenvalue weighted by Gasteiger charge is 2.09. The summed E-state index contributed by atoms with van der Waals surface area (Å²) >= 11 is 3.97. The molecule has 0 saturated carbocycles. The number of fused-ring (bicyclic) bond motifs is 1. The van der Waals surface area contributed by atoms with Crippen molar-refractivity contribution in [2.45, 2.75) is 0 Å². The maximum Gasteiger partial charge on any atom is 0.124 e. The number of nitrogens with zero attached hydrogens (tertiary/aromatic N) is 2. The molecule has 0 spiro atoms. The lowest BCUT2D eigenvalue weighted by Crippen LogP contribution is -2.01. The van der Waals surface area contributed by atoms with Gasteiger partial charge in [-0.25, -0.2) is 4.98 Å². The molecule has 0 amide bonds. The largest absolute Gasteiger partial charge is 0.508 e. The minimum absolute atomic E-state index is 0.254. The standard InChI is InChI=1S/C14H12IN2OPS/c1-17(19)12-4-2-8(6-10(12)15)14-16-11-7-9(18)3-5-13(11)20-14/h2-7,18H,19H2,1H3. The first-order chi connectivity index (χ1) is 9.54. The second-order valence-corrected chi connectivity index (χ2v) is 7.42. The maximum absolute atomic E-state index is 9.51. The van der Waals surface area contributed by atoms with Gasteiger partial charge in [-0.2, -0.15) is 0 Å². The van der Waals surface area contributed by atoms with E-state index in [-0.39, 0.29) is 5.75 Å². The number of benzene rings is 2. The van der Waals surface area contributed by atoms with Gasteiger partial charge in [-0.3, -0.25) is 0 Å². The monoisotopic (exact) mass is 414 g/mol. The first kappa shape index (κ1) is 14.0. The van der Waals surface area contributed by atoms with Crippen LogP contribution in [-0.4, -0.2) is 17.1 Å². The van der Waals surface area contributed by atoms with Crippen molar-refractivity contribution in [3.63, 3.8) is 0 Å². The summed E-state index contributed by atoms with van der Waals surface area (Å²) in [7, 11) is 4.66. The Hall–Kier alpha value is -0.910. The fourth-order valence-corrected chi connectivity index (χ4v) is 4.29. The van der Waals surface area contributed by atoms with Crippen molar-refractivity contribution < 1.29 is 5.11 Å². The van der Waals surface area contributed by atoms with E-state index in [0.717, 1.165) is 26.5 Å². The minimum atomic E-state index is 0.254. The van der Waals surface area contributed by atoms with Gasteiger partial charge in [-0.05, 0) is 62.3 Å². The van der Waals surface area contributed by atoms with Crippen LogP contribution in [0.15, 0.2) is 36.4 Å². The van der Waals surface area contributed by atoms with Gasteiger partial charge in [0.25, 0.3) is 0 Å². The van der Waals surface area contributed by atoms with Gasteiger partial charge in [0.15, 0.2) is 0 Å². The first-order valence-corrected chi connectivity index (χ1v) is 8.33. The van der Waals surface area contributed by atoms with E-state index in [1.807, 2.05) is 17.8 Å². The molecule has 1 unspecified atom stereocenters. The zero-order valence-electron chi connectivity index (χ0n) is 10.7. The number of phenolic OH excluding ortho intramolecular Hbond substituents is 1. The third-order valence-corrected chi connectivity index (χ3v) is 5.17. The topological polar surface area (TPSA) is 36.4 Å². The van der Waals surface area contributed by atoms with Crippen LogP contribution in [0.25, 0.3) is 20.8 Å². The smallest absolute Gasteiger partial charge is 0.124 e. The number of aromatic hydroxyl groups is 1. The fourth-order valence-electron chi connectivity index (χ4n) is 1.97. The van der Waals surface area contributed by atoms with Gasteiger partial charge in [-0.15, -0.1) is 11.3 Å². The Morgan fingerprint density at radius 2 is 2.05 bits per heavy atom. The van der Waals surface area contributed by atoms with Crippen molar-refractivity contribution in [1.82, 2.24) is 4.98 Å². The maximum atomic E-state index is 9.51. The van der Waals surface area contributed by atoms with E-state index in [1.165, 1.54) is 3.57 Å².